The van der Waals surface area contributed by atoms with Gasteiger partial charge < -0.3 is 20.1 Å². The molecule has 0 bridgehead atoms. The van der Waals surface area contributed by atoms with Crippen LogP contribution in [0.2, 0.25) is 10.0 Å². The van der Waals surface area contributed by atoms with Gasteiger partial charge in [-0.3, -0.25) is 9.59 Å². The van der Waals surface area contributed by atoms with Crippen LogP contribution in [0.4, 0.5) is 5.69 Å². The van der Waals surface area contributed by atoms with E-state index in [9.17, 15) is 9.59 Å². The van der Waals surface area contributed by atoms with Crippen LogP contribution in [-0.2, 0) is 16.1 Å². The highest BCUT2D eigenvalue weighted by atomic mass is 35.5. The van der Waals surface area contributed by atoms with Gasteiger partial charge in [0.15, 0.2) is 11.5 Å². The molecule has 1 unspecified atom stereocenters. The largest absolute Gasteiger partial charge is 0.489 e. The number of hydrogen-bond donors (Lipinski definition) is 2. The molecule has 4 rings (SSSR count). The van der Waals surface area contributed by atoms with Crippen LogP contribution in [-0.4, -0.2) is 30.3 Å². The summed E-state index contributed by atoms with van der Waals surface area (Å²) in [6, 6.07) is 8.86. The summed E-state index contributed by atoms with van der Waals surface area (Å²) in [4.78, 5) is 25.6. The first-order valence-corrected chi connectivity index (χ1v) is 10.7. The molecule has 0 spiro atoms. The molecule has 0 aliphatic carbocycles. The Bertz CT molecular complexity index is 970. The molecule has 2 aromatic rings. The molecular formula is C20H18Cl2N2O4S. The van der Waals surface area contributed by atoms with E-state index < -0.39 is 5.25 Å². The number of benzene rings is 2. The Balaban J connectivity index is 1.37. The van der Waals surface area contributed by atoms with Crippen molar-refractivity contribution in [2.75, 3.05) is 18.5 Å². The lowest BCUT2D eigenvalue weighted by atomic mass is 10.2. The topological polar surface area (TPSA) is 76.7 Å². The first kappa shape index (κ1) is 20.2. The summed E-state index contributed by atoms with van der Waals surface area (Å²) in [6.07, 6.45) is 0.852. The van der Waals surface area contributed by atoms with E-state index in [0.717, 1.165) is 16.9 Å². The van der Waals surface area contributed by atoms with Gasteiger partial charge in [0.05, 0.1) is 29.2 Å². The maximum absolute atomic E-state index is 12.4. The van der Waals surface area contributed by atoms with E-state index >= 15 is 0 Å². The molecule has 2 aliphatic heterocycles. The number of rotatable bonds is 4. The molecule has 2 amide bonds. The third-order valence-electron chi connectivity index (χ3n) is 4.48. The van der Waals surface area contributed by atoms with Crippen LogP contribution >= 0.6 is 35.0 Å². The Morgan fingerprint density at radius 2 is 2.03 bits per heavy atom. The summed E-state index contributed by atoms with van der Waals surface area (Å²) in [7, 11) is 0. The Morgan fingerprint density at radius 3 is 2.90 bits per heavy atom. The zero-order valence-electron chi connectivity index (χ0n) is 15.3. The molecule has 29 heavy (non-hydrogen) atoms. The number of carbonyl (C=O) groups is 2. The molecule has 2 aromatic carbocycles. The SMILES string of the molecule is O=C(CC1Sc2ccc(Cl)cc2NC1=O)NCc1cc(Cl)c2c(c1)OCCCO2. The van der Waals surface area contributed by atoms with Crippen LogP contribution < -0.4 is 20.1 Å². The van der Waals surface area contributed by atoms with Crippen molar-refractivity contribution >= 4 is 52.5 Å². The maximum atomic E-state index is 12.4. The minimum Gasteiger partial charge on any atom is -0.489 e. The van der Waals surface area contributed by atoms with Gasteiger partial charge in [-0.05, 0) is 35.9 Å². The molecule has 152 valence electrons. The standard InChI is InChI=1S/C20H18Cl2N2O4S/c21-12-2-3-16-14(8-12)24-20(26)17(29-16)9-18(25)23-10-11-6-13(22)19-15(7-11)27-4-1-5-28-19/h2-3,6-8,17H,1,4-5,9-10H2,(H,23,25)(H,24,26). The van der Waals surface area contributed by atoms with Gasteiger partial charge in [-0.2, -0.15) is 0 Å². The molecule has 6 nitrogen and oxygen atoms in total. The summed E-state index contributed by atoms with van der Waals surface area (Å²) in [5.41, 5.74) is 1.47. The Hall–Kier alpha value is -2.09. The molecular weight excluding hydrogens is 435 g/mol. The molecule has 9 heteroatoms. The van der Waals surface area contributed by atoms with Gasteiger partial charge >= 0.3 is 0 Å². The maximum Gasteiger partial charge on any atom is 0.238 e. The first-order chi connectivity index (χ1) is 14.0. The minimum absolute atomic E-state index is 0.0663. The highest BCUT2D eigenvalue weighted by molar-refractivity contribution is 8.01. The lowest BCUT2D eigenvalue weighted by Gasteiger charge is -2.23. The number of amides is 2. The van der Waals surface area contributed by atoms with Crippen molar-refractivity contribution in [3.05, 3.63) is 45.9 Å². The van der Waals surface area contributed by atoms with Gasteiger partial charge in [0.1, 0.15) is 0 Å². The molecule has 0 radical (unpaired) electrons. The van der Waals surface area contributed by atoms with Crippen LogP contribution in [0.3, 0.4) is 0 Å². The fourth-order valence-corrected chi connectivity index (χ4v) is 4.64. The minimum atomic E-state index is -0.504. The van der Waals surface area contributed by atoms with Gasteiger partial charge in [-0.25, -0.2) is 0 Å². The number of nitrogens with one attached hydrogen (secondary N) is 2. The second-order valence-electron chi connectivity index (χ2n) is 6.67. The Morgan fingerprint density at radius 1 is 1.21 bits per heavy atom. The molecule has 1 atom stereocenters. The van der Waals surface area contributed by atoms with Gasteiger partial charge in [0.2, 0.25) is 11.8 Å². The third-order valence-corrected chi connectivity index (χ3v) is 6.27. The fraction of sp³-hybridized carbons (Fsp3) is 0.300. The van der Waals surface area contributed by atoms with E-state index in [0.29, 0.717) is 40.4 Å². The number of anilines is 1. The lowest BCUT2D eigenvalue weighted by molar-refractivity contribution is -0.124. The fourth-order valence-electron chi connectivity index (χ4n) is 3.08. The number of thioether (sulfide) groups is 1. The van der Waals surface area contributed by atoms with E-state index in [1.165, 1.54) is 11.8 Å². The summed E-state index contributed by atoms with van der Waals surface area (Å²) in [6.45, 7) is 1.39. The number of fused-ring (bicyclic) bond motifs is 2. The summed E-state index contributed by atoms with van der Waals surface area (Å²) < 4.78 is 11.3. The predicted molar refractivity (Wildman–Crippen MR) is 113 cm³/mol. The molecule has 2 N–H and O–H groups in total. The second kappa shape index (κ2) is 8.73. The Labute approximate surface area is 182 Å². The van der Waals surface area contributed by atoms with E-state index in [1.54, 1.807) is 18.2 Å². The van der Waals surface area contributed by atoms with Crippen molar-refractivity contribution in [2.45, 2.75) is 29.5 Å². The number of halogens is 2. The quantitative estimate of drug-likeness (QED) is 0.723. The smallest absolute Gasteiger partial charge is 0.238 e. The zero-order valence-corrected chi connectivity index (χ0v) is 17.6. The second-order valence-corrected chi connectivity index (χ2v) is 8.76. The average Bonchev–Trinajstić information content (AvgIpc) is 2.93. The highest BCUT2D eigenvalue weighted by Gasteiger charge is 2.29. The number of hydrogen-bond acceptors (Lipinski definition) is 5. The van der Waals surface area contributed by atoms with Crippen LogP contribution in [0.5, 0.6) is 11.5 Å². The first-order valence-electron chi connectivity index (χ1n) is 9.11. The third kappa shape index (κ3) is 4.74. The summed E-state index contributed by atoms with van der Waals surface area (Å²) >= 11 is 13.6. The molecule has 0 fully saturated rings. The lowest BCUT2D eigenvalue weighted by Crippen LogP contribution is -2.34. The molecule has 0 aromatic heterocycles. The van der Waals surface area contributed by atoms with Crippen molar-refractivity contribution in [3.63, 3.8) is 0 Å². The van der Waals surface area contributed by atoms with E-state index in [-0.39, 0.29) is 24.8 Å². The van der Waals surface area contributed by atoms with Crippen molar-refractivity contribution in [1.82, 2.24) is 5.32 Å². The zero-order chi connectivity index (χ0) is 20.4. The molecule has 2 heterocycles. The Kier molecular flexibility index (Phi) is 6.08. The van der Waals surface area contributed by atoms with Gasteiger partial charge in [-0.15, -0.1) is 11.8 Å². The monoisotopic (exact) mass is 452 g/mol. The van der Waals surface area contributed by atoms with Crippen molar-refractivity contribution < 1.29 is 19.1 Å². The van der Waals surface area contributed by atoms with E-state index in [4.69, 9.17) is 32.7 Å². The highest BCUT2D eigenvalue weighted by Crippen LogP contribution is 2.39. The number of ether oxygens (including phenoxy) is 2. The van der Waals surface area contributed by atoms with Gasteiger partial charge in [0.25, 0.3) is 0 Å². The average molecular weight is 453 g/mol. The predicted octanol–water partition coefficient (Wildman–Crippen LogP) is 4.27. The number of carbonyl (C=O) groups excluding carboxylic acids is 2. The molecule has 0 saturated carbocycles. The van der Waals surface area contributed by atoms with Gasteiger partial charge in [-0.1, -0.05) is 23.2 Å². The van der Waals surface area contributed by atoms with E-state index in [2.05, 4.69) is 10.6 Å². The van der Waals surface area contributed by atoms with Crippen LogP contribution in [0, 0.1) is 0 Å². The molecule has 0 saturated heterocycles. The normalized spacial score (nSPS) is 17.7. The van der Waals surface area contributed by atoms with Crippen LogP contribution in [0.15, 0.2) is 35.2 Å². The summed E-state index contributed by atoms with van der Waals surface area (Å²) in [5, 5.41) is 6.14. The summed E-state index contributed by atoms with van der Waals surface area (Å²) in [5.74, 6) is 0.682. The van der Waals surface area contributed by atoms with Crippen molar-refractivity contribution in [3.8, 4) is 11.5 Å². The van der Waals surface area contributed by atoms with Crippen molar-refractivity contribution in [1.29, 1.82) is 0 Å². The van der Waals surface area contributed by atoms with Crippen molar-refractivity contribution in [2.24, 2.45) is 0 Å². The molecule has 2 aliphatic rings. The van der Waals surface area contributed by atoms with Gasteiger partial charge in [0, 0.05) is 29.3 Å². The van der Waals surface area contributed by atoms with Crippen LogP contribution in [0.25, 0.3) is 0 Å². The van der Waals surface area contributed by atoms with E-state index in [1.807, 2.05) is 12.1 Å². The van der Waals surface area contributed by atoms with Crippen LogP contribution in [0.1, 0.15) is 18.4 Å².